The second-order valence-corrected chi connectivity index (χ2v) is 16.9. The highest BCUT2D eigenvalue weighted by atomic mass is 16.7. The van der Waals surface area contributed by atoms with E-state index in [1.54, 1.807) is 0 Å². The number of hydrogen-bond donors (Lipinski definition) is 6. The maximum Gasteiger partial charge on any atom is 0.220 e. The van der Waals surface area contributed by atoms with E-state index in [-0.39, 0.29) is 12.5 Å². The molecule has 55 heavy (non-hydrogen) atoms. The van der Waals surface area contributed by atoms with Gasteiger partial charge in [-0.15, -0.1) is 0 Å². The molecular formula is C46H91NO8. The summed E-state index contributed by atoms with van der Waals surface area (Å²) in [5.41, 5.74) is 0. The van der Waals surface area contributed by atoms with E-state index >= 15 is 0 Å². The second-order valence-electron chi connectivity index (χ2n) is 16.9. The molecule has 1 aliphatic heterocycles. The number of amides is 1. The molecule has 6 N–H and O–H groups in total. The Bertz CT molecular complexity index is 832. The fraction of sp³-hybridized carbons (Fsp3) is 0.978. The highest BCUT2D eigenvalue weighted by molar-refractivity contribution is 5.76. The Morgan fingerprint density at radius 3 is 1.29 bits per heavy atom. The molecule has 0 aliphatic carbocycles. The molecular weight excluding hydrogens is 695 g/mol. The third-order valence-corrected chi connectivity index (χ3v) is 11.7. The summed E-state index contributed by atoms with van der Waals surface area (Å²) in [5.74, 6) is -0.140. The van der Waals surface area contributed by atoms with Gasteiger partial charge in [0.05, 0.1) is 25.4 Å². The van der Waals surface area contributed by atoms with Gasteiger partial charge in [-0.05, 0) is 12.8 Å². The molecule has 7 atom stereocenters. The minimum absolute atomic E-state index is 0.132. The Kier molecular flexibility index (Phi) is 35.6. The lowest BCUT2D eigenvalue weighted by Gasteiger charge is -2.40. The Morgan fingerprint density at radius 2 is 0.909 bits per heavy atom. The van der Waals surface area contributed by atoms with Crippen molar-refractivity contribution in [3.8, 4) is 0 Å². The third kappa shape index (κ3) is 28.3. The van der Waals surface area contributed by atoms with Crippen LogP contribution in [-0.2, 0) is 14.3 Å². The lowest BCUT2D eigenvalue weighted by Crippen LogP contribution is -2.60. The fourth-order valence-electron chi connectivity index (χ4n) is 7.87. The summed E-state index contributed by atoms with van der Waals surface area (Å²) in [6, 6.07) is -0.711. The zero-order valence-electron chi connectivity index (χ0n) is 36.0. The molecule has 9 nitrogen and oxygen atoms in total. The summed E-state index contributed by atoms with van der Waals surface area (Å²) in [5, 5.41) is 54.4. The second kappa shape index (κ2) is 37.5. The Morgan fingerprint density at radius 1 is 0.545 bits per heavy atom. The van der Waals surface area contributed by atoms with Crippen molar-refractivity contribution in [2.24, 2.45) is 0 Å². The topological polar surface area (TPSA) is 149 Å². The van der Waals surface area contributed by atoms with Crippen molar-refractivity contribution in [2.75, 3.05) is 13.2 Å². The molecule has 0 saturated carbocycles. The van der Waals surface area contributed by atoms with Gasteiger partial charge in [-0.1, -0.05) is 213 Å². The van der Waals surface area contributed by atoms with Crippen molar-refractivity contribution in [2.45, 2.75) is 275 Å². The van der Waals surface area contributed by atoms with Crippen LogP contribution in [0.15, 0.2) is 0 Å². The first kappa shape index (κ1) is 52.2. The molecule has 1 fully saturated rings. The van der Waals surface area contributed by atoms with Gasteiger partial charge in [0.15, 0.2) is 6.29 Å². The zero-order valence-corrected chi connectivity index (χ0v) is 36.0. The van der Waals surface area contributed by atoms with Gasteiger partial charge in [-0.25, -0.2) is 0 Å². The first-order valence-electron chi connectivity index (χ1n) is 23.7. The highest BCUT2D eigenvalue weighted by Crippen LogP contribution is 2.23. The fourth-order valence-corrected chi connectivity index (χ4v) is 7.87. The summed E-state index contributed by atoms with van der Waals surface area (Å²) in [6.07, 6.45) is 33.9. The molecule has 2 unspecified atom stereocenters. The summed E-state index contributed by atoms with van der Waals surface area (Å²) in [6.45, 7) is 3.85. The van der Waals surface area contributed by atoms with E-state index in [1.165, 1.54) is 167 Å². The number of carbonyl (C=O) groups is 1. The molecule has 0 aromatic rings. The monoisotopic (exact) mass is 786 g/mol. The molecule has 9 heteroatoms. The van der Waals surface area contributed by atoms with Crippen LogP contribution in [0.3, 0.4) is 0 Å². The number of nitrogens with one attached hydrogen (secondary N) is 1. The van der Waals surface area contributed by atoms with E-state index in [1.807, 2.05) is 0 Å². The van der Waals surface area contributed by atoms with Gasteiger partial charge >= 0.3 is 0 Å². The van der Waals surface area contributed by atoms with Crippen LogP contribution in [-0.4, -0.2) is 87.5 Å². The minimum atomic E-state index is -1.55. The average molecular weight is 786 g/mol. The maximum absolute atomic E-state index is 13.0. The van der Waals surface area contributed by atoms with Crippen LogP contribution in [0, 0.1) is 0 Å². The van der Waals surface area contributed by atoms with Crippen LogP contribution in [0.2, 0.25) is 0 Å². The normalized spacial score (nSPS) is 21.2. The van der Waals surface area contributed by atoms with Crippen LogP contribution >= 0.6 is 0 Å². The number of hydrogen-bond acceptors (Lipinski definition) is 8. The molecule has 0 bridgehead atoms. The number of aliphatic hydroxyl groups excluding tert-OH is 5. The number of rotatable bonds is 40. The average Bonchev–Trinajstić information content (AvgIpc) is 3.18. The lowest BCUT2D eigenvalue weighted by atomic mass is 9.99. The molecule has 0 radical (unpaired) electrons. The van der Waals surface area contributed by atoms with Crippen LogP contribution in [0.1, 0.15) is 232 Å². The summed E-state index contributed by atoms with van der Waals surface area (Å²) in [4.78, 5) is 13.0. The highest BCUT2D eigenvalue weighted by Gasteiger charge is 2.44. The molecule has 1 aliphatic rings. The van der Waals surface area contributed by atoms with E-state index < -0.39 is 49.5 Å². The Labute approximate surface area is 338 Å². The lowest BCUT2D eigenvalue weighted by molar-refractivity contribution is -0.302. The molecule has 0 aromatic heterocycles. The quantitative estimate of drug-likeness (QED) is 0.0337. The SMILES string of the molecule is CCCCCCCCCCCCCCCCCCC(=O)N[C@@H](CO[C@H]1O[C@@H](CO)[C@H](O)C(O)C1O)[C@H](O)CCCCCCCCCCCCCCCCCC. The molecule has 1 rings (SSSR count). The predicted octanol–water partition coefficient (Wildman–Crippen LogP) is 9.95. The van der Waals surface area contributed by atoms with E-state index in [0.29, 0.717) is 12.8 Å². The first-order valence-corrected chi connectivity index (χ1v) is 23.7. The van der Waals surface area contributed by atoms with Gasteiger partial charge in [0.1, 0.15) is 24.4 Å². The molecule has 1 heterocycles. The van der Waals surface area contributed by atoms with Crippen molar-refractivity contribution in [1.82, 2.24) is 5.32 Å². The van der Waals surface area contributed by atoms with E-state index in [2.05, 4.69) is 19.2 Å². The number of unbranched alkanes of at least 4 members (excludes halogenated alkanes) is 30. The number of ether oxygens (including phenoxy) is 2. The summed E-state index contributed by atoms with van der Waals surface area (Å²) >= 11 is 0. The smallest absolute Gasteiger partial charge is 0.220 e. The Hall–Kier alpha value is -0.810. The van der Waals surface area contributed by atoms with Crippen molar-refractivity contribution >= 4 is 5.91 Å². The van der Waals surface area contributed by atoms with Crippen molar-refractivity contribution < 1.29 is 39.8 Å². The van der Waals surface area contributed by atoms with E-state index in [4.69, 9.17) is 9.47 Å². The largest absolute Gasteiger partial charge is 0.394 e. The van der Waals surface area contributed by atoms with Gasteiger partial charge in [0.25, 0.3) is 0 Å². The van der Waals surface area contributed by atoms with Gasteiger partial charge in [-0.2, -0.15) is 0 Å². The van der Waals surface area contributed by atoms with Gasteiger partial charge < -0.3 is 40.3 Å². The first-order chi connectivity index (χ1) is 26.8. The van der Waals surface area contributed by atoms with Crippen LogP contribution in [0.4, 0.5) is 0 Å². The standard InChI is InChI=1S/C46H91NO8/c1-3-5-7-9-11-13-15-17-19-21-23-25-27-29-31-33-35-40(49)39(38-54-46-45(53)44(52)43(51)41(37-48)55-46)47-42(50)36-34-32-30-28-26-24-22-20-18-16-14-12-10-8-6-4-2/h39-41,43-46,48-49,51-53H,3-38H2,1-2H3,(H,47,50)/t39-,40+,41-,43-,44?,45?,46-/m0/s1. The van der Waals surface area contributed by atoms with Crippen molar-refractivity contribution in [3.63, 3.8) is 0 Å². The van der Waals surface area contributed by atoms with Crippen LogP contribution in [0.5, 0.6) is 0 Å². The molecule has 1 amide bonds. The van der Waals surface area contributed by atoms with Crippen LogP contribution < -0.4 is 5.32 Å². The number of aliphatic hydroxyl groups is 5. The summed E-state index contributed by atoms with van der Waals surface area (Å²) < 4.78 is 11.3. The summed E-state index contributed by atoms with van der Waals surface area (Å²) in [7, 11) is 0. The number of carbonyl (C=O) groups excluding carboxylic acids is 1. The van der Waals surface area contributed by atoms with Crippen LogP contribution in [0.25, 0.3) is 0 Å². The Balaban J connectivity index is 2.30. The van der Waals surface area contributed by atoms with Crippen molar-refractivity contribution in [1.29, 1.82) is 0 Å². The van der Waals surface area contributed by atoms with Gasteiger partial charge in [0, 0.05) is 6.42 Å². The third-order valence-electron chi connectivity index (χ3n) is 11.7. The van der Waals surface area contributed by atoms with Gasteiger partial charge in [-0.3, -0.25) is 4.79 Å². The van der Waals surface area contributed by atoms with Gasteiger partial charge in [0.2, 0.25) is 5.91 Å². The van der Waals surface area contributed by atoms with Crippen molar-refractivity contribution in [3.05, 3.63) is 0 Å². The predicted molar refractivity (Wildman–Crippen MR) is 226 cm³/mol. The van der Waals surface area contributed by atoms with E-state index in [0.717, 1.165) is 38.5 Å². The maximum atomic E-state index is 13.0. The molecule has 328 valence electrons. The van der Waals surface area contributed by atoms with E-state index in [9.17, 15) is 30.3 Å². The molecule has 0 aromatic carbocycles. The molecule has 1 saturated heterocycles. The molecule has 0 spiro atoms. The zero-order chi connectivity index (χ0) is 40.2. The minimum Gasteiger partial charge on any atom is -0.394 e.